The van der Waals surface area contributed by atoms with Crippen molar-refractivity contribution in [3.63, 3.8) is 0 Å². The highest BCUT2D eigenvalue weighted by Gasteiger charge is 2.56. The third kappa shape index (κ3) is 6.72. The minimum absolute atomic E-state index is 0.0880. The number of carboxylic acid groups (broad SMARTS) is 1. The van der Waals surface area contributed by atoms with Crippen LogP contribution in [0.5, 0.6) is 5.75 Å². The van der Waals surface area contributed by atoms with Crippen molar-refractivity contribution in [1.82, 2.24) is 9.88 Å². The smallest absolute Gasteiger partial charge is 0.303 e. The molecule has 2 N–H and O–H groups in total. The van der Waals surface area contributed by atoms with Gasteiger partial charge in [-0.1, -0.05) is 37.5 Å². The van der Waals surface area contributed by atoms with Crippen LogP contribution in [0.2, 0.25) is 0 Å². The number of amides is 2. The fourth-order valence-corrected chi connectivity index (χ4v) is 6.95. The van der Waals surface area contributed by atoms with E-state index in [9.17, 15) is 23.9 Å². The number of ether oxygens (including phenoxy) is 1. The van der Waals surface area contributed by atoms with Crippen LogP contribution in [0.15, 0.2) is 53.7 Å². The lowest BCUT2D eigenvalue weighted by atomic mass is 9.68. The number of allylic oxidation sites excluding steroid dienone is 2. The largest absolute Gasteiger partial charge is 0.505 e. The number of nitrogens with zero attached hydrogens (tertiary/aromatic N) is 2. The molecule has 0 unspecified atom stereocenters. The summed E-state index contributed by atoms with van der Waals surface area (Å²) in [5, 5.41) is 18.5. The van der Waals surface area contributed by atoms with Gasteiger partial charge in [0.05, 0.1) is 30.2 Å². The third-order valence-electron chi connectivity index (χ3n) is 8.91. The molecule has 2 fully saturated rings. The number of hydrogen-bond acceptors (Lipinski definition) is 6. The highest BCUT2D eigenvalue weighted by Crippen LogP contribution is 2.51. The topological polar surface area (TPSA) is 117 Å². The average Bonchev–Trinajstić information content (AvgIpc) is 3.52. The summed E-state index contributed by atoms with van der Waals surface area (Å²) in [5.41, 5.74) is 4.69. The zero-order chi connectivity index (χ0) is 30.5. The van der Waals surface area contributed by atoms with Crippen LogP contribution in [0.4, 0.5) is 4.39 Å². The number of unbranched alkanes of at least 4 members (excludes halogenated alkanes) is 2. The van der Waals surface area contributed by atoms with Crippen LogP contribution in [-0.4, -0.2) is 57.1 Å². The Morgan fingerprint density at radius 1 is 1.12 bits per heavy atom. The number of aromatic hydroxyl groups is 1. The van der Waals surface area contributed by atoms with E-state index in [4.69, 9.17) is 9.84 Å². The number of phenols is 1. The number of hydrogen-bond donors (Lipinski definition) is 2. The highest BCUT2D eigenvalue weighted by atomic mass is 19.1. The molecule has 1 aromatic heterocycles. The Labute approximate surface area is 251 Å². The van der Waals surface area contributed by atoms with Crippen molar-refractivity contribution in [3.05, 3.63) is 70.8 Å². The molecule has 228 valence electrons. The maximum absolute atomic E-state index is 14.1. The van der Waals surface area contributed by atoms with Gasteiger partial charge in [-0.3, -0.25) is 24.3 Å². The maximum Gasteiger partial charge on any atom is 0.303 e. The number of imide groups is 1. The van der Waals surface area contributed by atoms with Gasteiger partial charge in [-0.2, -0.15) is 0 Å². The second-order valence-electron chi connectivity index (χ2n) is 11.7. The molecule has 8 nitrogen and oxygen atoms in total. The molecule has 3 aliphatic rings. The Bertz CT molecular complexity index is 1420. The van der Waals surface area contributed by atoms with Gasteiger partial charge in [0.2, 0.25) is 11.8 Å². The summed E-state index contributed by atoms with van der Waals surface area (Å²) in [4.78, 5) is 43.8. The second kappa shape index (κ2) is 13.6. The first-order chi connectivity index (χ1) is 20.8. The summed E-state index contributed by atoms with van der Waals surface area (Å²) in [6, 6.07) is 9.94. The van der Waals surface area contributed by atoms with Crippen molar-refractivity contribution in [2.45, 2.75) is 70.8 Å². The molecule has 0 saturated carbocycles. The number of aromatic nitrogens is 1. The Morgan fingerprint density at radius 3 is 2.67 bits per heavy atom. The van der Waals surface area contributed by atoms with E-state index in [0.717, 1.165) is 24.1 Å². The molecule has 2 aliphatic heterocycles. The summed E-state index contributed by atoms with van der Waals surface area (Å²) in [7, 11) is 0. The number of carboxylic acids is 1. The number of likely N-dealkylation sites (tertiary alicyclic amines) is 1. The highest BCUT2D eigenvalue weighted by molar-refractivity contribution is 6.06. The molecule has 9 heteroatoms. The minimum atomic E-state index is -0.839. The summed E-state index contributed by atoms with van der Waals surface area (Å²) in [5.74, 6) is -3.07. The van der Waals surface area contributed by atoms with Gasteiger partial charge in [-0.25, -0.2) is 4.39 Å². The summed E-state index contributed by atoms with van der Waals surface area (Å²) >= 11 is 0. The van der Waals surface area contributed by atoms with Crippen molar-refractivity contribution in [2.24, 2.45) is 17.8 Å². The van der Waals surface area contributed by atoms with E-state index in [-0.39, 0.29) is 36.2 Å². The molecule has 3 heterocycles. The zero-order valence-electron chi connectivity index (χ0n) is 24.5. The normalized spacial score (nSPS) is 23.6. The number of carbonyl (C=O) groups is 3. The van der Waals surface area contributed by atoms with Crippen LogP contribution < -0.4 is 0 Å². The Balaban J connectivity index is 1.34. The number of fused-ring (bicyclic) bond motifs is 3. The first-order valence-electron chi connectivity index (χ1n) is 15.3. The van der Waals surface area contributed by atoms with Gasteiger partial charge < -0.3 is 14.9 Å². The Kier molecular flexibility index (Phi) is 9.70. The fourth-order valence-electron chi connectivity index (χ4n) is 6.95. The summed E-state index contributed by atoms with van der Waals surface area (Å²) < 4.78 is 20.5. The van der Waals surface area contributed by atoms with Crippen LogP contribution in [0.3, 0.4) is 0 Å². The van der Waals surface area contributed by atoms with Crippen LogP contribution in [0, 0.1) is 23.6 Å². The first-order valence-corrected chi connectivity index (χ1v) is 15.3. The van der Waals surface area contributed by atoms with Crippen LogP contribution in [-0.2, 0) is 19.1 Å². The number of carbonyl (C=O) groups excluding carboxylic acids is 2. The predicted octanol–water partition coefficient (Wildman–Crippen LogP) is 6.01. The molecule has 5 rings (SSSR count). The fraction of sp³-hybridized carbons (Fsp3) is 0.471. The molecule has 2 amide bonds. The van der Waals surface area contributed by atoms with Gasteiger partial charge in [0.25, 0.3) is 0 Å². The second-order valence-corrected chi connectivity index (χ2v) is 11.7. The van der Waals surface area contributed by atoms with E-state index < -0.39 is 23.5 Å². The number of phenolic OH excluding ortho intramolecular Hbond substituents is 1. The quantitative estimate of drug-likeness (QED) is 0.167. The number of rotatable bonds is 13. The first kappa shape index (κ1) is 30.6. The van der Waals surface area contributed by atoms with Crippen molar-refractivity contribution in [3.8, 4) is 5.75 Å². The zero-order valence-corrected chi connectivity index (χ0v) is 24.5. The number of aliphatic carboxylic acids is 1. The van der Waals surface area contributed by atoms with Crippen LogP contribution >= 0.6 is 0 Å². The molecule has 2 saturated heterocycles. The van der Waals surface area contributed by atoms with Gasteiger partial charge in [0.1, 0.15) is 0 Å². The Hall–Kier alpha value is -3.85. The maximum atomic E-state index is 14.1. The van der Waals surface area contributed by atoms with Gasteiger partial charge in [-0.05, 0) is 85.6 Å². The van der Waals surface area contributed by atoms with Gasteiger partial charge >= 0.3 is 5.97 Å². The van der Waals surface area contributed by atoms with E-state index in [1.807, 2.05) is 24.3 Å². The lowest BCUT2D eigenvalue weighted by Gasteiger charge is -2.32. The molecule has 1 aromatic carbocycles. The van der Waals surface area contributed by atoms with E-state index in [0.29, 0.717) is 57.2 Å². The minimum Gasteiger partial charge on any atom is -0.505 e. The number of benzene rings is 1. The van der Waals surface area contributed by atoms with Gasteiger partial charge in [0.15, 0.2) is 11.6 Å². The van der Waals surface area contributed by atoms with E-state index in [1.165, 1.54) is 28.2 Å². The summed E-state index contributed by atoms with van der Waals surface area (Å²) in [6.45, 7) is 2.84. The summed E-state index contributed by atoms with van der Waals surface area (Å²) in [6.07, 6.45) is 8.87. The molecular weight excluding hydrogens is 551 g/mol. The average molecular weight is 591 g/mol. The molecule has 2 aromatic rings. The molecule has 0 spiro atoms. The van der Waals surface area contributed by atoms with Crippen LogP contribution in [0.1, 0.15) is 76.0 Å². The lowest BCUT2D eigenvalue weighted by Crippen LogP contribution is -2.34. The van der Waals surface area contributed by atoms with Crippen molar-refractivity contribution in [1.29, 1.82) is 0 Å². The van der Waals surface area contributed by atoms with E-state index >= 15 is 0 Å². The van der Waals surface area contributed by atoms with Crippen LogP contribution in [0.25, 0.3) is 11.6 Å². The van der Waals surface area contributed by atoms with Gasteiger partial charge in [0, 0.05) is 25.1 Å². The molecule has 1 aliphatic carbocycles. The molecule has 0 radical (unpaired) electrons. The monoisotopic (exact) mass is 590 g/mol. The molecule has 43 heavy (non-hydrogen) atoms. The molecule has 4 atom stereocenters. The lowest BCUT2D eigenvalue weighted by molar-refractivity contribution is -0.141. The predicted molar refractivity (Wildman–Crippen MR) is 159 cm³/mol. The standard InChI is InChI=1S/C34H39FN2O6/c1-2-8-23-19-24-32(34(42)37(33(24)41)16-7-3-4-10-30(39)40)25-20-43-29(31(23)25)14-12-22(27-9-5-6-15-36-27)17-21-11-13-28(38)26(35)18-21/h5-6,9,11,13,15,17-18,24-25,29,32,38H,2-4,7-8,10,12,14,16,19-20H2,1H3,(H,39,40)/b22-17-/t24-,25+,29-,32-/m1/s1. The SMILES string of the molecule is CCCC1=C2[C@@H](CC/C(=C/c3ccc(O)c(F)c3)c3ccccn3)OC[C@@H]2[C@@H]2C(=O)N(CCCCCC(=O)O)C(=O)[C@@H]2C1. The molecule has 0 bridgehead atoms. The van der Waals surface area contributed by atoms with E-state index in [1.54, 1.807) is 12.3 Å². The molecular formula is C34H39FN2O6. The number of halogens is 1. The number of pyridine rings is 1. The van der Waals surface area contributed by atoms with Gasteiger partial charge in [-0.15, -0.1) is 0 Å². The van der Waals surface area contributed by atoms with Crippen molar-refractivity contribution in [2.75, 3.05) is 13.2 Å². The van der Waals surface area contributed by atoms with E-state index in [2.05, 4.69) is 11.9 Å². The van der Waals surface area contributed by atoms with Crippen molar-refractivity contribution < 1.29 is 33.7 Å². The Morgan fingerprint density at radius 2 is 1.95 bits per heavy atom. The van der Waals surface area contributed by atoms with Crippen molar-refractivity contribution >= 4 is 29.4 Å². The third-order valence-corrected chi connectivity index (χ3v) is 8.91.